The van der Waals surface area contributed by atoms with Crippen molar-refractivity contribution in [2.75, 3.05) is 6.54 Å². The molecule has 0 atom stereocenters. The van der Waals surface area contributed by atoms with Crippen molar-refractivity contribution in [3.05, 3.63) is 77.1 Å². The monoisotopic (exact) mass is 430 g/mol. The Kier molecular flexibility index (Phi) is 5.78. The van der Waals surface area contributed by atoms with Gasteiger partial charge in [0.05, 0.1) is 28.1 Å². The lowest BCUT2D eigenvalue weighted by Crippen LogP contribution is -2.32. The lowest BCUT2D eigenvalue weighted by atomic mass is 9.75. The van der Waals surface area contributed by atoms with E-state index in [0.717, 1.165) is 0 Å². The Hall–Kier alpha value is -3.54. The number of para-hydroxylation sites is 1. The first-order valence-electron chi connectivity index (χ1n) is 10.8. The molecule has 2 aliphatic rings. The Bertz CT molecular complexity index is 1110. The van der Waals surface area contributed by atoms with Crippen LogP contribution < -0.4 is 0 Å². The highest BCUT2D eigenvalue weighted by Gasteiger charge is 2.36. The molecular weight excluding hydrogens is 404 g/mol. The quantitative estimate of drug-likeness (QED) is 0.514. The summed E-state index contributed by atoms with van der Waals surface area (Å²) < 4.78 is 0. The number of ketones is 1. The number of benzene rings is 2. The van der Waals surface area contributed by atoms with Crippen LogP contribution in [0.4, 0.5) is 5.69 Å². The van der Waals surface area contributed by atoms with E-state index in [1.54, 1.807) is 24.3 Å². The van der Waals surface area contributed by atoms with Crippen molar-refractivity contribution in [2.45, 2.75) is 39.5 Å². The number of aliphatic imine (C=N–C) groups is 1. The van der Waals surface area contributed by atoms with Crippen molar-refractivity contribution in [1.82, 2.24) is 4.90 Å². The van der Waals surface area contributed by atoms with Crippen molar-refractivity contribution >= 4 is 29.0 Å². The van der Waals surface area contributed by atoms with Crippen LogP contribution in [0.5, 0.6) is 0 Å². The lowest BCUT2D eigenvalue weighted by Gasteiger charge is -2.30. The summed E-state index contributed by atoms with van der Waals surface area (Å²) in [4.78, 5) is 44.1. The fraction of sp³-hybridized carbons (Fsp3) is 0.308. The highest BCUT2D eigenvalue weighted by atomic mass is 16.3. The molecule has 0 radical (unpaired) electrons. The van der Waals surface area contributed by atoms with Crippen LogP contribution in [0.2, 0.25) is 0 Å². The van der Waals surface area contributed by atoms with Crippen LogP contribution in [-0.4, -0.2) is 39.9 Å². The Morgan fingerprint density at radius 1 is 0.938 bits per heavy atom. The van der Waals surface area contributed by atoms with Gasteiger partial charge in [-0.2, -0.15) is 0 Å². The molecular formula is C26H26N2O4. The molecule has 0 bridgehead atoms. The van der Waals surface area contributed by atoms with E-state index in [4.69, 9.17) is 0 Å². The molecule has 1 heterocycles. The number of hydrogen-bond donors (Lipinski definition) is 1. The van der Waals surface area contributed by atoms with Gasteiger partial charge in [-0.15, -0.1) is 0 Å². The standard InChI is InChI=1S/C26H26N2O4/c1-26(2)15-21(29)23(22(30)16-26)20(27-17-9-4-3-5-10-17)13-8-14-28-24(31)18-11-6-7-12-19(18)25(28)32/h3-7,9-12,29H,8,13-16H2,1-2H3. The van der Waals surface area contributed by atoms with Crippen molar-refractivity contribution in [2.24, 2.45) is 10.4 Å². The second-order valence-corrected chi connectivity index (χ2v) is 9.07. The summed E-state index contributed by atoms with van der Waals surface area (Å²) in [6.07, 6.45) is 1.53. The molecule has 6 nitrogen and oxygen atoms in total. The Balaban J connectivity index is 1.56. The molecule has 4 rings (SSSR count). The zero-order valence-corrected chi connectivity index (χ0v) is 18.3. The molecule has 0 unspecified atom stereocenters. The number of carbonyl (C=O) groups excluding carboxylic acids is 3. The van der Waals surface area contributed by atoms with Crippen LogP contribution in [0, 0.1) is 5.41 Å². The van der Waals surface area contributed by atoms with E-state index in [1.807, 2.05) is 44.2 Å². The summed E-state index contributed by atoms with van der Waals surface area (Å²) in [6, 6.07) is 16.0. The van der Waals surface area contributed by atoms with Gasteiger partial charge in [0.25, 0.3) is 11.8 Å². The molecule has 1 N–H and O–H groups in total. The van der Waals surface area contributed by atoms with E-state index in [1.165, 1.54) is 4.90 Å². The van der Waals surface area contributed by atoms with E-state index < -0.39 is 0 Å². The molecule has 0 saturated carbocycles. The van der Waals surface area contributed by atoms with Crippen LogP contribution in [0.3, 0.4) is 0 Å². The molecule has 2 aromatic rings. The van der Waals surface area contributed by atoms with Crippen LogP contribution in [0.15, 0.2) is 70.9 Å². The number of rotatable bonds is 6. The third-order valence-electron chi connectivity index (χ3n) is 5.83. The Morgan fingerprint density at radius 3 is 2.12 bits per heavy atom. The van der Waals surface area contributed by atoms with E-state index >= 15 is 0 Å². The van der Waals surface area contributed by atoms with Gasteiger partial charge in [0.2, 0.25) is 0 Å². The molecule has 164 valence electrons. The van der Waals surface area contributed by atoms with Crippen LogP contribution >= 0.6 is 0 Å². The van der Waals surface area contributed by atoms with Gasteiger partial charge in [0, 0.05) is 19.4 Å². The molecule has 0 saturated heterocycles. The SMILES string of the molecule is CC1(C)CC(=O)C(C(CCCN2C(=O)c3ccccc3C2=O)=Nc2ccccc2)=C(O)C1. The van der Waals surface area contributed by atoms with Gasteiger partial charge in [0.1, 0.15) is 5.76 Å². The largest absolute Gasteiger partial charge is 0.511 e. The first-order valence-corrected chi connectivity index (χ1v) is 10.8. The average Bonchev–Trinajstić information content (AvgIpc) is 2.98. The first-order chi connectivity index (χ1) is 15.3. The van der Waals surface area contributed by atoms with Crippen molar-refractivity contribution in [3.8, 4) is 0 Å². The fourth-order valence-electron chi connectivity index (χ4n) is 4.36. The first kappa shape index (κ1) is 21.7. The zero-order valence-electron chi connectivity index (χ0n) is 18.3. The summed E-state index contributed by atoms with van der Waals surface area (Å²) in [5.41, 5.74) is 1.98. The third kappa shape index (κ3) is 4.26. The number of fused-ring (bicyclic) bond motifs is 1. The molecule has 2 aromatic carbocycles. The van der Waals surface area contributed by atoms with Crippen molar-refractivity contribution in [1.29, 1.82) is 0 Å². The molecule has 32 heavy (non-hydrogen) atoms. The van der Waals surface area contributed by atoms with E-state index in [-0.39, 0.29) is 40.9 Å². The summed E-state index contributed by atoms with van der Waals surface area (Å²) in [5.74, 6) is -0.676. The smallest absolute Gasteiger partial charge is 0.261 e. The van der Waals surface area contributed by atoms with Gasteiger partial charge >= 0.3 is 0 Å². The minimum atomic E-state index is -0.303. The number of hydrogen-bond acceptors (Lipinski definition) is 5. The molecule has 0 spiro atoms. The van der Waals surface area contributed by atoms with Crippen molar-refractivity contribution < 1.29 is 19.5 Å². The van der Waals surface area contributed by atoms with Gasteiger partial charge in [-0.3, -0.25) is 24.3 Å². The molecule has 0 fully saturated rings. The number of allylic oxidation sites excluding steroid dienone is 2. The zero-order chi connectivity index (χ0) is 22.9. The van der Waals surface area contributed by atoms with E-state index in [0.29, 0.717) is 48.2 Å². The Morgan fingerprint density at radius 2 is 1.53 bits per heavy atom. The van der Waals surface area contributed by atoms with Crippen LogP contribution in [0.25, 0.3) is 0 Å². The topological polar surface area (TPSA) is 87.0 Å². The second kappa shape index (κ2) is 8.54. The number of aliphatic hydroxyl groups excluding tert-OH is 1. The predicted molar refractivity (Wildman–Crippen MR) is 122 cm³/mol. The lowest BCUT2D eigenvalue weighted by molar-refractivity contribution is -0.118. The number of aliphatic hydroxyl groups is 1. The maximum absolute atomic E-state index is 12.9. The summed E-state index contributed by atoms with van der Waals surface area (Å²) >= 11 is 0. The average molecular weight is 431 g/mol. The van der Waals surface area contributed by atoms with Gasteiger partial charge in [-0.25, -0.2) is 0 Å². The maximum Gasteiger partial charge on any atom is 0.261 e. The number of imide groups is 1. The predicted octanol–water partition coefficient (Wildman–Crippen LogP) is 5.04. The summed E-state index contributed by atoms with van der Waals surface area (Å²) in [7, 11) is 0. The van der Waals surface area contributed by atoms with Crippen LogP contribution in [0.1, 0.15) is 60.2 Å². The number of carbonyl (C=O) groups is 3. The minimum absolute atomic E-state index is 0.0571. The summed E-state index contributed by atoms with van der Waals surface area (Å²) in [5, 5.41) is 10.7. The highest BCUT2D eigenvalue weighted by Crippen LogP contribution is 2.37. The number of nitrogens with zero attached hydrogens (tertiary/aromatic N) is 2. The highest BCUT2D eigenvalue weighted by molar-refractivity contribution is 6.24. The number of amides is 2. The maximum atomic E-state index is 12.9. The minimum Gasteiger partial charge on any atom is -0.511 e. The molecule has 1 aliphatic carbocycles. The fourth-order valence-corrected chi connectivity index (χ4v) is 4.36. The van der Waals surface area contributed by atoms with Gasteiger partial charge in [0.15, 0.2) is 5.78 Å². The van der Waals surface area contributed by atoms with E-state index in [9.17, 15) is 19.5 Å². The van der Waals surface area contributed by atoms with Gasteiger partial charge < -0.3 is 5.11 Å². The molecule has 6 heteroatoms. The Labute approximate surface area is 187 Å². The summed E-state index contributed by atoms with van der Waals surface area (Å²) in [6.45, 7) is 4.12. The number of Topliss-reactive ketones (excluding diaryl/α,β-unsaturated/α-hetero) is 1. The third-order valence-corrected chi connectivity index (χ3v) is 5.83. The molecule has 2 amide bonds. The van der Waals surface area contributed by atoms with Crippen molar-refractivity contribution in [3.63, 3.8) is 0 Å². The van der Waals surface area contributed by atoms with Gasteiger partial charge in [-0.1, -0.05) is 44.2 Å². The second-order valence-electron chi connectivity index (χ2n) is 9.07. The molecule has 0 aromatic heterocycles. The normalized spacial score (nSPS) is 18.4. The van der Waals surface area contributed by atoms with Crippen LogP contribution in [-0.2, 0) is 4.79 Å². The molecule has 1 aliphatic heterocycles. The van der Waals surface area contributed by atoms with E-state index in [2.05, 4.69) is 4.99 Å². The van der Waals surface area contributed by atoms with Gasteiger partial charge in [-0.05, 0) is 42.5 Å².